The van der Waals surface area contributed by atoms with E-state index >= 15 is 0 Å². The number of nitrogens with zero attached hydrogens (tertiary/aromatic N) is 3. The van der Waals surface area contributed by atoms with Crippen LogP contribution >= 0.6 is 15.9 Å². The topological polar surface area (TPSA) is 69.0 Å². The Hall–Kier alpha value is -2.74. The van der Waals surface area contributed by atoms with Crippen molar-refractivity contribution in [1.29, 1.82) is 0 Å². The molecule has 0 unspecified atom stereocenters. The molecule has 0 aliphatic heterocycles. The van der Waals surface area contributed by atoms with Crippen LogP contribution in [0.2, 0.25) is 0 Å². The minimum Gasteiger partial charge on any atom is -0.481 e. The van der Waals surface area contributed by atoms with Crippen molar-refractivity contribution in [2.45, 2.75) is 13.5 Å². The zero-order chi connectivity index (χ0) is 18.5. The van der Waals surface area contributed by atoms with Crippen molar-refractivity contribution >= 4 is 21.8 Å². The maximum Gasteiger partial charge on any atom is 0.258 e. The summed E-state index contributed by atoms with van der Waals surface area (Å²) in [5, 5.41) is 2.74. The fourth-order valence-electron chi connectivity index (χ4n) is 2.31. The van der Waals surface area contributed by atoms with Crippen molar-refractivity contribution in [2.75, 3.05) is 6.61 Å². The van der Waals surface area contributed by atoms with Crippen LogP contribution in [0.1, 0.15) is 11.4 Å². The number of nitrogens with one attached hydrogen (secondary N) is 1. The maximum absolute atomic E-state index is 13.7. The first-order valence-electron chi connectivity index (χ1n) is 7.83. The van der Waals surface area contributed by atoms with E-state index in [0.29, 0.717) is 11.0 Å². The van der Waals surface area contributed by atoms with E-state index in [9.17, 15) is 9.18 Å². The van der Waals surface area contributed by atoms with Crippen molar-refractivity contribution in [3.05, 3.63) is 70.6 Å². The molecule has 0 atom stereocenters. The van der Waals surface area contributed by atoms with E-state index in [4.69, 9.17) is 4.74 Å². The van der Waals surface area contributed by atoms with Gasteiger partial charge >= 0.3 is 0 Å². The van der Waals surface area contributed by atoms with Crippen LogP contribution < -0.4 is 10.1 Å². The summed E-state index contributed by atoms with van der Waals surface area (Å²) in [6.45, 7) is 1.93. The summed E-state index contributed by atoms with van der Waals surface area (Å²) in [6, 6.07) is 8.07. The highest BCUT2D eigenvalue weighted by atomic mass is 79.9. The van der Waals surface area contributed by atoms with Crippen molar-refractivity contribution in [1.82, 2.24) is 19.9 Å². The molecule has 3 aromatic rings. The number of amides is 1. The molecule has 1 aromatic carbocycles. The number of aromatic nitrogens is 3. The number of hydrogen-bond acceptors (Lipinski definition) is 4. The van der Waals surface area contributed by atoms with Crippen molar-refractivity contribution in [2.24, 2.45) is 0 Å². The molecular formula is C18H16BrFN4O2. The van der Waals surface area contributed by atoms with Crippen molar-refractivity contribution < 1.29 is 13.9 Å². The molecule has 1 N–H and O–H groups in total. The number of ether oxygens (including phenoxy) is 1. The van der Waals surface area contributed by atoms with Gasteiger partial charge in [0.05, 0.1) is 0 Å². The van der Waals surface area contributed by atoms with Gasteiger partial charge < -0.3 is 10.1 Å². The average Bonchev–Trinajstić information content (AvgIpc) is 3.05. The number of halogens is 2. The number of imidazole rings is 1. The first-order chi connectivity index (χ1) is 12.5. The molecule has 26 heavy (non-hydrogen) atoms. The van der Waals surface area contributed by atoms with Crippen molar-refractivity contribution in [3.8, 4) is 11.6 Å². The van der Waals surface area contributed by atoms with E-state index in [1.54, 1.807) is 18.5 Å². The number of carbonyl (C=O) groups excluding carboxylic acids is 1. The van der Waals surface area contributed by atoms with Gasteiger partial charge in [-0.3, -0.25) is 9.36 Å². The average molecular weight is 419 g/mol. The maximum atomic E-state index is 13.7. The van der Waals surface area contributed by atoms with E-state index < -0.39 is 5.82 Å². The quantitative estimate of drug-likeness (QED) is 0.667. The number of rotatable bonds is 6. The first-order valence-corrected chi connectivity index (χ1v) is 8.62. The summed E-state index contributed by atoms with van der Waals surface area (Å²) in [7, 11) is 0. The molecule has 3 rings (SSSR count). The van der Waals surface area contributed by atoms with Gasteiger partial charge in [0, 0.05) is 29.6 Å². The smallest absolute Gasteiger partial charge is 0.258 e. The molecule has 0 aliphatic rings. The zero-order valence-corrected chi connectivity index (χ0v) is 15.5. The van der Waals surface area contributed by atoms with Crippen LogP contribution in [0.25, 0.3) is 5.82 Å². The number of pyridine rings is 1. The third kappa shape index (κ3) is 4.45. The molecule has 2 aromatic heterocycles. The SMILES string of the molecule is Cc1nccn1-c1cc(CNC(=O)COc2ccc(Br)cc2F)ccn1. The van der Waals surface area contributed by atoms with Gasteiger partial charge in [0.15, 0.2) is 18.2 Å². The second-order valence-corrected chi connectivity index (χ2v) is 6.42. The summed E-state index contributed by atoms with van der Waals surface area (Å²) in [4.78, 5) is 20.4. The predicted octanol–water partition coefficient (Wildman–Crippen LogP) is 3.17. The number of carbonyl (C=O) groups is 1. The van der Waals surface area contributed by atoms with Crippen LogP contribution in [0, 0.1) is 12.7 Å². The normalized spacial score (nSPS) is 10.6. The molecule has 134 valence electrons. The highest BCUT2D eigenvalue weighted by molar-refractivity contribution is 9.10. The Morgan fingerprint density at radius 3 is 2.85 bits per heavy atom. The molecule has 6 nitrogen and oxygen atoms in total. The van der Waals surface area contributed by atoms with Crippen LogP contribution in [0.3, 0.4) is 0 Å². The van der Waals surface area contributed by atoms with Crippen LogP contribution in [-0.2, 0) is 11.3 Å². The molecule has 0 aliphatic carbocycles. The third-order valence-corrected chi connectivity index (χ3v) is 4.12. The number of hydrogen-bond donors (Lipinski definition) is 1. The Morgan fingerprint density at radius 2 is 2.12 bits per heavy atom. The van der Waals surface area contributed by atoms with E-state index in [1.165, 1.54) is 12.1 Å². The summed E-state index contributed by atoms with van der Waals surface area (Å²) < 4.78 is 21.3. The van der Waals surface area contributed by atoms with Gasteiger partial charge in [-0.2, -0.15) is 0 Å². The first kappa shape index (κ1) is 18.1. The van der Waals surface area contributed by atoms with Crippen LogP contribution in [0.15, 0.2) is 53.4 Å². The minimum absolute atomic E-state index is 0.0325. The van der Waals surface area contributed by atoms with Gasteiger partial charge in [0.25, 0.3) is 5.91 Å². The van der Waals surface area contributed by atoms with E-state index in [0.717, 1.165) is 17.2 Å². The molecule has 1 amide bonds. The van der Waals surface area contributed by atoms with Crippen molar-refractivity contribution in [3.63, 3.8) is 0 Å². The van der Waals surface area contributed by atoms with Crippen LogP contribution in [0.5, 0.6) is 5.75 Å². The van der Waals surface area contributed by atoms with Crippen LogP contribution in [0.4, 0.5) is 4.39 Å². The summed E-state index contributed by atoms with van der Waals surface area (Å²) >= 11 is 3.17. The Balaban J connectivity index is 1.55. The van der Waals surface area contributed by atoms with Gasteiger partial charge in [0.2, 0.25) is 0 Å². The van der Waals surface area contributed by atoms with E-state index in [2.05, 4.69) is 31.2 Å². The number of benzene rings is 1. The van der Waals surface area contributed by atoms with E-state index in [1.807, 2.05) is 29.8 Å². The predicted molar refractivity (Wildman–Crippen MR) is 97.5 cm³/mol. The lowest BCUT2D eigenvalue weighted by Gasteiger charge is -2.10. The summed E-state index contributed by atoms with van der Waals surface area (Å²) in [5.74, 6) is 0.708. The lowest BCUT2D eigenvalue weighted by molar-refractivity contribution is -0.123. The van der Waals surface area contributed by atoms with E-state index in [-0.39, 0.29) is 18.3 Å². The van der Waals surface area contributed by atoms with Gasteiger partial charge in [-0.15, -0.1) is 0 Å². The van der Waals surface area contributed by atoms with Crippen LogP contribution in [-0.4, -0.2) is 27.0 Å². The minimum atomic E-state index is -0.526. The molecule has 0 radical (unpaired) electrons. The molecule has 2 heterocycles. The monoisotopic (exact) mass is 418 g/mol. The largest absolute Gasteiger partial charge is 0.481 e. The Kier molecular flexibility index (Phi) is 5.62. The number of aryl methyl sites for hydroxylation is 1. The second kappa shape index (κ2) is 8.09. The van der Waals surface area contributed by atoms with Gasteiger partial charge in [-0.05, 0) is 42.8 Å². The Labute approximate surface area is 158 Å². The summed E-state index contributed by atoms with van der Waals surface area (Å²) in [6.07, 6.45) is 5.19. The lowest BCUT2D eigenvalue weighted by atomic mass is 10.2. The standard InChI is InChI=1S/C18H16BrFN4O2/c1-12-21-6-7-24(12)17-8-13(4-5-22-17)10-23-18(25)11-26-16-3-2-14(19)9-15(16)20/h2-9H,10-11H2,1H3,(H,23,25). The van der Waals surface area contributed by atoms with Gasteiger partial charge in [0.1, 0.15) is 11.6 Å². The fourth-order valence-corrected chi connectivity index (χ4v) is 2.64. The fraction of sp³-hybridized carbons (Fsp3) is 0.167. The molecule has 0 spiro atoms. The summed E-state index contributed by atoms with van der Waals surface area (Å²) in [5.41, 5.74) is 0.881. The molecule has 0 saturated carbocycles. The molecule has 0 fully saturated rings. The van der Waals surface area contributed by atoms with Gasteiger partial charge in [-0.1, -0.05) is 15.9 Å². The molecule has 8 heteroatoms. The zero-order valence-electron chi connectivity index (χ0n) is 13.9. The molecule has 0 saturated heterocycles. The van der Waals surface area contributed by atoms with Gasteiger partial charge in [-0.25, -0.2) is 14.4 Å². The molecular weight excluding hydrogens is 403 g/mol. The lowest BCUT2D eigenvalue weighted by Crippen LogP contribution is -2.28. The second-order valence-electron chi connectivity index (χ2n) is 5.51. The Morgan fingerprint density at radius 1 is 1.27 bits per heavy atom. The molecule has 0 bridgehead atoms. The highest BCUT2D eigenvalue weighted by Gasteiger charge is 2.08. The Bertz CT molecular complexity index is 929. The highest BCUT2D eigenvalue weighted by Crippen LogP contribution is 2.21. The third-order valence-electron chi connectivity index (χ3n) is 3.62.